The number of anilines is 1. The Morgan fingerprint density at radius 3 is 2.63 bits per heavy atom. The number of nitrogens with one attached hydrogen (secondary N) is 1. The number of hydrogen-bond acceptors (Lipinski definition) is 6. The van der Waals surface area contributed by atoms with Crippen LogP contribution in [0.3, 0.4) is 0 Å². The first-order chi connectivity index (χ1) is 13.0. The standard InChI is InChI=1S/C18H18F2N2O5/c1-24-13-7-8-16(25-2)14(9-13)22-17(23)11-26-21-10-12-5-3-4-6-15(12)27-18(19)20/h3-10,18H,11H2,1-2H3,(H,22,23)/b21-10-. The lowest BCUT2D eigenvalue weighted by atomic mass is 10.2. The Morgan fingerprint density at radius 2 is 1.93 bits per heavy atom. The van der Waals surface area contributed by atoms with E-state index < -0.39 is 19.1 Å². The molecule has 144 valence electrons. The predicted molar refractivity (Wildman–Crippen MR) is 94.8 cm³/mol. The van der Waals surface area contributed by atoms with Gasteiger partial charge in [-0.15, -0.1) is 0 Å². The number of hydrogen-bond donors (Lipinski definition) is 1. The number of para-hydroxylation sites is 1. The van der Waals surface area contributed by atoms with Crippen molar-refractivity contribution in [2.24, 2.45) is 5.16 Å². The minimum absolute atomic E-state index is 0.0505. The summed E-state index contributed by atoms with van der Waals surface area (Å²) in [4.78, 5) is 16.9. The second-order valence-corrected chi connectivity index (χ2v) is 5.04. The number of benzene rings is 2. The fraction of sp³-hybridized carbons (Fsp3) is 0.222. The van der Waals surface area contributed by atoms with Crippen LogP contribution in [0.2, 0.25) is 0 Å². The van der Waals surface area contributed by atoms with Gasteiger partial charge in [0.1, 0.15) is 17.2 Å². The molecule has 0 spiro atoms. The van der Waals surface area contributed by atoms with Crippen LogP contribution in [0.5, 0.6) is 17.2 Å². The molecule has 0 radical (unpaired) electrons. The second-order valence-electron chi connectivity index (χ2n) is 5.04. The van der Waals surface area contributed by atoms with Crippen molar-refractivity contribution >= 4 is 17.8 Å². The quantitative estimate of drug-likeness (QED) is 0.534. The lowest BCUT2D eigenvalue weighted by Crippen LogP contribution is -2.17. The van der Waals surface area contributed by atoms with E-state index in [0.29, 0.717) is 17.2 Å². The number of rotatable bonds is 9. The summed E-state index contributed by atoms with van der Waals surface area (Å²) >= 11 is 0. The first kappa shape index (κ1) is 20.0. The van der Waals surface area contributed by atoms with Crippen molar-refractivity contribution < 1.29 is 32.6 Å². The Bertz CT molecular complexity index is 799. The highest BCUT2D eigenvalue weighted by molar-refractivity contribution is 5.93. The lowest BCUT2D eigenvalue weighted by molar-refractivity contribution is -0.120. The number of oxime groups is 1. The van der Waals surface area contributed by atoms with Crippen molar-refractivity contribution in [1.29, 1.82) is 0 Å². The number of ether oxygens (including phenoxy) is 3. The molecule has 0 unspecified atom stereocenters. The van der Waals surface area contributed by atoms with Gasteiger partial charge in [0.2, 0.25) is 0 Å². The molecule has 1 N–H and O–H groups in total. The first-order valence-corrected chi connectivity index (χ1v) is 7.74. The zero-order chi connectivity index (χ0) is 19.6. The van der Waals surface area contributed by atoms with Crippen LogP contribution in [-0.2, 0) is 9.63 Å². The van der Waals surface area contributed by atoms with Gasteiger partial charge in [-0.05, 0) is 24.3 Å². The number of carbonyl (C=O) groups is 1. The summed E-state index contributed by atoms with van der Waals surface area (Å²) in [5.74, 6) is 0.452. The molecule has 0 aliphatic rings. The molecule has 0 saturated carbocycles. The summed E-state index contributed by atoms with van der Waals surface area (Å²) in [5, 5.41) is 6.21. The summed E-state index contributed by atoms with van der Waals surface area (Å²) in [6, 6.07) is 11.0. The minimum atomic E-state index is -2.95. The number of amides is 1. The van der Waals surface area contributed by atoms with Gasteiger partial charge in [-0.25, -0.2) is 0 Å². The smallest absolute Gasteiger partial charge is 0.387 e. The molecule has 0 saturated heterocycles. The van der Waals surface area contributed by atoms with E-state index in [-0.39, 0.29) is 11.3 Å². The molecule has 27 heavy (non-hydrogen) atoms. The van der Waals surface area contributed by atoms with Crippen molar-refractivity contribution in [3.63, 3.8) is 0 Å². The maximum Gasteiger partial charge on any atom is 0.387 e. The van der Waals surface area contributed by atoms with Crippen molar-refractivity contribution in [3.8, 4) is 17.2 Å². The molecule has 0 aromatic heterocycles. The number of halogens is 2. The summed E-state index contributed by atoms with van der Waals surface area (Å²) in [6.45, 7) is -3.35. The number of nitrogens with zero attached hydrogens (tertiary/aromatic N) is 1. The Morgan fingerprint density at radius 1 is 1.15 bits per heavy atom. The van der Waals surface area contributed by atoms with Gasteiger partial charge in [0, 0.05) is 11.6 Å². The molecular weight excluding hydrogens is 362 g/mol. The van der Waals surface area contributed by atoms with E-state index in [1.54, 1.807) is 30.3 Å². The molecule has 7 nitrogen and oxygen atoms in total. The van der Waals surface area contributed by atoms with Crippen LogP contribution < -0.4 is 19.5 Å². The molecule has 0 fully saturated rings. The zero-order valence-corrected chi connectivity index (χ0v) is 14.6. The van der Waals surface area contributed by atoms with E-state index in [4.69, 9.17) is 14.3 Å². The Balaban J connectivity index is 1.93. The zero-order valence-electron chi connectivity index (χ0n) is 14.6. The average molecular weight is 380 g/mol. The summed E-state index contributed by atoms with van der Waals surface area (Å²) in [6.07, 6.45) is 1.18. The van der Waals surface area contributed by atoms with E-state index in [2.05, 4.69) is 15.2 Å². The van der Waals surface area contributed by atoms with E-state index in [1.165, 1.54) is 32.6 Å². The van der Waals surface area contributed by atoms with Gasteiger partial charge in [-0.2, -0.15) is 8.78 Å². The van der Waals surface area contributed by atoms with Gasteiger partial charge in [0.25, 0.3) is 5.91 Å². The fourth-order valence-corrected chi connectivity index (χ4v) is 2.08. The number of methoxy groups -OCH3 is 2. The van der Waals surface area contributed by atoms with Crippen LogP contribution in [0.4, 0.5) is 14.5 Å². The molecule has 0 atom stereocenters. The summed E-state index contributed by atoms with van der Waals surface area (Å²) in [7, 11) is 2.97. The lowest BCUT2D eigenvalue weighted by Gasteiger charge is -2.11. The van der Waals surface area contributed by atoms with Gasteiger partial charge in [-0.3, -0.25) is 4.79 Å². The molecule has 0 aliphatic heterocycles. The Hall–Kier alpha value is -3.36. The van der Waals surface area contributed by atoms with Crippen molar-refractivity contribution in [2.45, 2.75) is 6.61 Å². The predicted octanol–water partition coefficient (Wildman–Crippen LogP) is 3.29. The van der Waals surface area contributed by atoms with Crippen LogP contribution in [0, 0.1) is 0 Å². The Kier molecular flexibility index (Phi) is 7.36. The van der Waals surface area contributed by atoms with Crippen molar-refractivity contribution in [3.05, 3.63) is 48.0 Å². The second kappa shape index (κ2) is 9.95. The van der Waals surface area contributed by atoms with Crippen LogP contribution in [-0.4, -0.2) is 39.6 Å². The summed E-state index contributed by atoms with van der Waals surface area (Å²) in [5.41, 5.74) is 0.692. The van der Waals surface area contributed by atoms with E-state index in [9.17, 15) is 13.6 Å². The fourth-order valence-electron chi connectivity index (χ4n) is 2.08. The third kappa shape index (κ3) is 6.14. The topological polar surface area (TPSA) is 78.4 Å². The molecular formula is C18H18F2N2O5. The van der Waals surface area contributed by atoms with Crippen LogP contribution >= 0.6 is 0 Å². The maximum absolute atomic E-state index is 12.3. The highest BCUT2D eigenvalue weighted by Gasteiger charge is 2.10. The third-order valence-corrected chi connectivity index (χ3v) is 3.28. The highest BCUT2D eigenvalue weighted by atomic mass is 19.3. The van der Waals surface area contributed by atoms with E-state index >= 15 is 0 Å². The molecule has 2 aromatic rings. The number of alkyl halides is 2. The molecule has 9 heteroatoms. The van der Waals surface area contributed by atoms with Gasteiger partial charge in [-0.1, -0.05) is 17.3 Å². The molecule has 0 heterocycles. The van der Waals surface area contributed by atoms with Crippen molar-refractivity contribution in [2.75, 3.05) is 26.1 Å². The normalized spacial score (nSPS) is 10.7. The molecule has 0 aliphatic carbocycles. The third-order valence-electron chi connectivity index (χ3n) is 3.28. The number of carbonyl (C=O) groups excluding carboxylic acids is 1. The van der Waals surface area contributed by atoms with E-state index in [1.807, 2.05) is 0 Å². The van der Waals surface area contributed by atoms with Gasteiger partial charge in [0.05, 0.1) is 26.1 Å². The monoisotopic (exact) mass is 380 g/mol. The molecule has 1 amide bonds. The molecule has 2 aromatic carbocycles. The van der Waals surface area contributed by atoms with Gasteiger partial charge >= 0.3 is 6.61 Å². The Labute approximate surface area is 154 Å². The van der Waals surface area contributed by atoms with Crippen LogP contribution in [0.25, 0.3) is 0 Å². The highest BCUT2D eigenvalue weighted by Crippen LogP contribution is 2.28. The maximum atomic E-state index is 12.3. The average Bonchev–Trinajstić information content (AvgIpc) is 2.66. The summed E-state index contributed by atoms with van der Waals surface area (Å²) < 4.78 is 39.3. The minimum Gasteiger partial charge on any atom is -0.497 e. The SMILES string of the molecule is COc1ccc(OC)c(NC(=O)CO/N=C\c2ccccc2OC(F)F)c1. The van der Waals surface area contributed by atoms with Crippen molar-refractivity contribution in [1.82, 2.24) is 0 Å². The van der Waals surface area contributed by atoms with Crippen LogP contribution in [0.1, 0.15) is 5.56 Å². The first-order valence-electron chi connectivity index (χ1n) is 7.74. The van der Waals surface area contributed by atoms with Gasteiger partial charge in [0.15, 0.2) is 6.61 Å². The molecule has 0 bridgehead atoms. The van der Waals surface area contributed by atoms with E-state index in [0.717, 1.165) is 0 Å². The van der Waals surface area contributed by atoms with Crippen LogP contribution in [0.15, 0.2) is 47.6 Å². The largest absolute Gasteiger partial charge is 0.497 e. The molecule has 2 rings (SSSR count). The van der Waals surface area contributed by atoms with Gasteiger partial charge < -0.3 is 24.4 Å².